The second kappa shape index (κ2) is 5.31. The third kappa shape index (κ3) is 3.18. The van der Waals surface area contributed by atoms with Gasteiger partial charge in [0.15, 0.2) is 5.96 Å². The Morgan fingerprint density at radius 3 is 2.94 bits per heavy atom. The van der Waals surface area contributed by atoms with Crippen molar-refractivity contribution in [2.24, 2.45) is 10.7 Å². The molecule has 0 bridgehead atoms. The lowest BCUT2D eigenvalue weighted by atomic mass is 10.2. The molecule has 1 amide bonds. The van der Waals surface area contributed by atoms with Crippen LogP contribution in [-0.2, 0) is 16.2 Å². The molecule has 0 radical (unpaired) electrons. The van der Waals surface area contributed by atoms with Crippen molar-refractivity contribution in [3.63, 3.8) is 0 Å². The molecule has 17 heavy (non-hydrogen) atoms. The summed E-state index contributed by atoms with van der Waals surface area (Å²) in [5.41, 5.74) is 8.96. The van der Waals surface area contributed by atoms with E-state index in [1.54, 1.807) is 0 Å². The predicted octanol–water partition coefficient (Wildman–Crippen LogP) is -0.479. The van der Waals surface area contributed by atoms with E-state index >= 15 is 0 Å². The number of hydroxylamine groups is 1. The molecule has 0 aromatic heterocycles. The van der Waals surface area contributed by atoms with Crippen LogP contribution in [-0.4, -0.2) is 24.5 Å². The SMILES string of the molecule is NC(=NCc1ccccc1)NC1CONC1=O. The van der Waals surface area contributed by atoms with E-state index in [0.29, 0.717) is 6.54 Å². The van der Waals surface area contributed by atoms with Crippen LogP contribution in [0.15, 0.2) is 35.3 Å². The molecule has 1 fully saturated rings. The van der Waals surface area contributed by atoms with E-state index < -0.39 is 6.04 Å². The molecule has 1 heterocycles. The van der Waals surface area contributed by atoms with Gasteiger partial charge in [-0.25, -0.2) is 10.5 Å². The van der Waals surface area contributed by atoms with Crippen molar-refractivity contribution in [1.29, 1.82) is 0 Å². The maximum absolute atomic E-state index is 11.2. The minimum absolute atomic E-state index is 0.233. The zero-order valence-electron chi connectivity index (χ0n) is 9.22. The fraction of sp³-hybridized carbons (Fsp3) is 0.273. The van der Waals surface area contributed by atoms with Gasteiger partial charge in [-0.15, -0.1) is 0 Å². The number of nitrogens with one attached hydrogen (secondary N) is 2. The van der Waals surface area contributed by atoms with Gasteiger partial charge in [0.2, 0.25) is 0 Å². The van der Waals surface area contributed by atoms with Gasteiger partial charge in [0.1, 0.15) is 12.6 Å². The number of nitrogens with two attached hydrogens (primary N) is 1. The highest BCUT2D eigenvalue weighted by molar-refractivity contribution is 5.88. The van der Waals surface area contributed by atoms with Gasteiger partial charge in [-0.2, -0.15) is 0 Å². The molecule has 4 N–H and O–H groups in total. The molecular weight excluding hydrogens is 220 g/mol. The van der Waals surface area contributed by atoms with Crippen LogP contribution in [0.3, 0.4) is 0 Å². The van der Waals surface area contributed by atoms with Crippen molar-refractivity contribution in [3.8, 4) is 0 Å². The fourth-order valence-electron chi connectivity index (χ4n) is 1.43. The quantitative estimate of drug-likeness (QED) is 0.487. The molecule has 6 nitrogen and oxygen atoms in total. The maximum atomic E-state index is 11.2. The minimum atomic E-state index is -0.463. The van der Waals surface area contributed by atoms with Crippen molar-refractivity contribution in [1.82, 2.24) is 10.8 Å². The summed E-state index contributed by atoms with van der Waals surface area (Å²) in [4.78, 5) is 20.1. The first-order valence-corrected chi connectivity index (χ1v) is 5.28. The van der Waals surface area contributed by atoms with Crippen LogP contribution in [0.2, 0.25) is 0 Å². The average Bonchev–Trinajstić information content (AvgIpc) is 2.74. The first-order valence-electron chi connectivity index (χ1n) is 5.28. The molecule has 0 saturated carbocycles. The van der Waals surface area contributed by atoms with Crippen molar-refractivity contribution < 1.29 is 9.63 Å². The van der Waals surface area contributed by atoms with Gasteiger partial charge >= 0.3 is 0 Å². The standard InChI is InChI=1S/C11H14N4O2/c12-11(14-9-7-17-15-10(9)16)13-6-8-4-2-1-3-5-8/h1-5,9H,6-7H2,(H,15,16)(H3,12,13,14). The first kappa shape index (κ1) is 11.4. The first-order chi connectivity index (χ1) is 8.25. The third-order valence-electron chi connectivity index (χ3n) is 2.34. The Hall–Kier alpha value is -2.08. The van der Waals surface area contributed by atoms with Crippen LogP contribution in [0.5, 0.6) is 0 Å². The number of rotatable bonds is 3. The van der Waals surface area contributed by atoms with E-state index in [4.69, 9.17) is 10.6 Å². The van der Waals surface area contributed by atoms with Crippen LogP contribution in [0.25, 0.3) is 0 Å². The van der Waals surface area contributed by atoms with Crippen LogP contribution in [0.1, 0.15) is 5.56 Å². The van der Waals surface area contributed by atoms with Gasteiger partial charge in [0.05, 0.1) is 6.54 Å². The van der Waals surface area contributed by atoms with Crippen LogP contribution >= 0.6 is 0 Å². The molecule has 1 aromatic carbocycles. The van der Waals surface area contributed by atoms with Crippen LogP contribution < -0.4 is 16.5 Å². The minimum Gasteiger partial charge on any atom is -0.370 e. The van der Waals surface area contributed by atoms with Crippen LogP contribution in [0.4, 0.5) is 0 Å². The van der Waals surface area contributed by atoms with Gasteiger partial charge in [-0.05, 0) is 5.56 Å². The number of guanidine groups is 1. The molecule has 1 unspecified atom stereocenters. The summed E-state index contributed by atoms with van der Waals surface area (Å²) in [7, 11) is 0. The van der Waals surface area contributed by atoms with Crippen molar-refractivity contribution in [2.45, 2.75) is 12.6 Å². The molecule has 2 rings (SSSR count). The predicted molar refractivity (Wildman–Crippen MR) is 62.8 cm³/mol. The molecular formula is C11H14N4O2. The normalized spacial score (nSPS) is 20.1. The molecule has 1 aliphatic heterocycles. The average molecular weight is 234 g/mol. The van der Waals surface area contributed by atoms with E-state index in [1.165, 1.54) is 0 Å². The second-order valence-electron chi connectivity index (χ2n) is 3.66. The Morgan fingerprint density at radius 2 is 2.29 bits per heavy atom. The van der Waals surface area contributed by atoms with E-state index in [0.717, 1.165) is 5.56 Å². The summed E-state index contributed by atoms with van der Waals surface area (Å²) in [5, 5.41) is 2.79. The number of hydrogen-bond donors (Lipinski definition) is 3. The summed E-state index contributed by atoms with van der Waals surface area (Å²) >= 11 is 0. The summed E-state index contributed by atoms with van der Waals surface area (Å²) in [6.07, 6.45) is 0. The third-order valence-corrected chi connectivity index (χ3v) is 2.34. The van der Waals surface area contributed by atoms with Gasteiger partial charge in [-0.1, -0.05) is 30.3 Å². The molecule has 6 heteroatoms. The molecule has 1 saturated heterocycles. The Morgan fingerprint density at radius 1 is 1.53 bits per heavy atom. The number of benzene rings is 1. The van der Waals surface area contributed by atoms with E-state index in [-0.39, 0.29) is 18.5 Å². The maximum Gasteiger partial charge on any atom is 0.268 e. The number of aliphatic imine (C=N–C) groups is 1. The molecule has 1 aromatic rings. The summed E-state index contributed by atoms with van der Waals surface area (Å²) in [6.45, 7) is 0.731. The Bertz CT molecular complexity index is 419. The van der Waals surface area contributed by atoms with Gasteiger partial charge < -0.3 is 11.1 Å². The number of amides is 1. The lowest BCUT2D eigenvalue weighted by Gasteiger charge is -2.08. The lowest BCUT2D eigenvalue weighted by Crippen LogP contribution is -2.45. The summed E-state index contributed by atoms with van der Waals surface area (Å²) < 4.78 is 0. The van der Waals surface area contributed by atoms with Crippen molar-refractivity contribution in [3.05, 3.63) is 35.9 Å². The smallest absolute Gasteiger partial charge is 0.268 e. The molecule has 90 valence electrons. The van der Waals surface area contributed by atoms with E-state index in [9.17, 15) is 4.79 Å². The highest BCUT2D eigenvalue weighted by Crippen LogP contribution is 2.00. The number of carbonyl (C=O) groups is 1. The van der Waals surface area contributed by atoms with Crippen LogP contribution in [0, 0.1) is 0 Å². The monoisotopic (exact) mass is 234 g/mol. The Kier molecular flexibility index (Phi) is 3.56. The summed E-state index contributed by atoms with van der Waals surface area (Å²) in [5.74, 6) is 0.00219. The fourth-order valence-corrected chi connectivity index (χ4v) is 1.43. The lowest BCUT2D eigenvalue weighted by molar-refractivity contribution is -0.124. The zero-order valence-corrected chi connectivity index (χ0v) is 9.22. The highest BCUT2D eigenvalue weighted by Gasteiger charge is 2.25. The van der Waals surface area contributed by atoms with Crippen molar-refractivity contribution >= 4 is 11.9 Å². The number of nitrogens with zero attached hydrogens (tertiary/aromatic N) is 1. The topological polar surface area (TPSA) is 88.7 Å². The molecule has 1 atom stereocenters. The van der Waals surface area contributed by atoms with E-state index in [1.807, 2.05) is 30.3 Å². The largest absolute Gasteiger partial charge is 0.370 e. The second-order valence-corrected chi connectivity index (χ2v) is 3.66. The van der Waals surface area contributed by atoms with Gasteiger partial charge in [0.25, 0.3) is 5.91 Å². The number of hydrogen-bond acceptors (Lipinski definition) is 3. The Balaban J connectivity index is 1.87. The van der Waals surface area contributed by atoms with Crippen molar-refractivity contribution in [2.75, 3.05) is 6.61 Å². The van der Waals surface area contributed by atoms with E-state index in [2.05, 4.69) is 15.8 Å². The zero-order chi connectivity index (χ0) is 12.1. The van der Waals surface area contributed by atoms with Gasteiger partial charge in [-0.3, -0.25) is 9.63 Å². The Labute approximate surface area is 98.8 Å². The summed E-state index contributed by atoms with van der Waals surface area (Å²) in [6, 6.07) is 9.27. The molecule has 0 aliphatic carbocycles. The molecule has 0 spiro atoms. The van der Waals surface area contributed by atoms with Gasteiger partial charge in [0, 0.05) is 0 Å². The highest BCUT2D eigenvalue weighted by atomic mass is 16.7. The number of carbonyl (C=O) groups excluding carboxylic acids is 1. The molecule has 1 aliphatic rings.